The molecule has 0 atom stereocenters. The third kappa shape index (κ3) is 5.47. The van der Waals surface area contributed by atoms with Crippen LogP contribution in [-0.4, -0.2) is 39.6 Å². The molecule has 0 saturated heterocycles. The van der Waals surface area contributed by atoms with Crippen LogP contribution in [0, 0.1) is 0 Å². The lowest BCUT2D eigenvalue weighted by atomic mass is 9.95. The van der Waals surface area contributed by atoms with Crippen LogP contribution in [0.1, 0.15) is 22.3 Å². The van der Waals surface area contributed by atoms with Gasteiger partial charge in [0, 0.05) is 47.6 Å². The number of carbonyl (C=O) groups is 3. The van der Waals surface area contributed by atoms with E-state index >= 15 is 0 Å². The maximum Gasteiger partial charge on any atom is 0.325 e. The molecule has 0 bridgehead atoms. The van der Waals surface area contributed by atoms with Gasteiger partial charge < -0.3 is 19.7 Å². The average Bonchev–Trinajstić information content (AvgIpc) is 2.88. The van der Waals surface area contributed by atoms with E-state index in [2.05, 4.69) is 15.0 Å². The van der Waals surface area contributed by atoms with Crippen LogP contribution in [0.3, 0.4) is 0 Å². The van der Waals surface area contributed by atoms with Crippen LogP contribution in [0.2, 0.25) is 0 Å². The molecular formula is C27H23N3O6. The standard InChI is InChI=1S/C27H23N3O6/c1-36-26(34)16-30-15-20(9-10-24(30)31)29-27(35)19-6-2-5-18(12-19)23-14-28-13-22-17(8-11-25(32)33)4-3-7-21(22)23/h2-7,9-10,12-15H,8,11,16H2,1H3,(H,29,35)(H,32,33). The van der Waals surface area contributed by atoms with E-state index in [1.807, 2.05) is 24.3 Å². The second kappa shape index (κ2) is 10.6. The van der Waals surface area contributed by atoms with Crippen molar-refractivity contribution in [2.75, 3.05) is 12.4 Å². The van der Waals surface area contributed by atoms with Gasteiger partial charge in [-0.2, -0.15) is 0 Å². The van der Waals surface area contributed by atoms with E-state index in [4.69, 9.17) is 5.11 Å². The number of carboxylic acids is 1. The van der Waals surface area contributed by atoms with Crippen molar-refractivity contribution in [1.82, 2.24) is 9.55 Å². The first-order valence-corrected chi connectivity index (χ1v) is 11.1. The van der Waals surface area contributed by atoms with Crippen molar-refractivity contribution >= 4 is 34.3 Å². The number of carbonyl (C=O) groups excluding carboxylic acids is 2. The molecule has 0 fully saturated rings. The summed E-state index contributed by atoms with van der Waals surface area (Å²) in [7, 11) is 1.23. The molecule has 2 heterocycles. The zero-order chi connectivity index (χ0) is 25.7. The summed E-state index contributed by atoms with van der Waals surface area (Å²) in [6.45, 7) is -0.267. The number of hydrogen-bond donors (Lipinski definition) is 2. The Hall–Kier alpha value is -4.79. The second-order valence-corrected chi connectivity index (χ2v) is 8.09. The number of nitrogens with one attached hydrogen (secondary N) is 1. The number of carboxylic acid groups (broad SMARTS) is 1. The highest BCUT2D eigenvalue weighted by Gasteiger charge is 2.13. The lowest BCUT2D eigenvalue weighted by molar-refractivity contribution is -0.141. The van der Waals surface area contributed by atoms with Crippen molar-refractivity contribution in [3.63, 3.8) is 0 Å². The van der Waals surface area contributed by atoms with Crippen LogP contribution in [0.25, 0.3) is 21.9 Å². The summed E-state index contributed by atoms with van der Waals surface area (Å²) in [6.07, 6.45) is 5.22. The maximum atomic E-state index is 13.0. The Morgan fingerprint density at radius 3 is 2.61 bits per heavy atom. The van der Waals surface area contributed by atoms with Gasteiger partial charge in [-0.25, -0.2) is 0 Å². The first kappa shape index (κ1) is 24.3. The molecule has 0 aliphatic heterocycles. The summed E-state index contributed by atoms with van der Waals surface area (Å²) in [4.78, 5) is 51.9. The number of aryl methyl sites for hydroxylation is 1. The third-order valence-electron chi connectivity index (χ3n) is 5.71. The molecule has 2 aromatic heterocycles. The Morgan fingerprint density at radius 1 is 1.03 bits per heavy atom. The SMILES string of the molecule is COC(=O)Cn1cc(NC(=O)c2cccc(-c3cncc4c(CCC(=O)O)cccc34)c2)ccc1=O. The molecule has 2 aromatic carbocycles. The Balaban J connectivity index is 1.62. The molecule has 4 aromatic rings. The van der Waals surface area contributed by atoms with E-state index in [0.29, 0.717) is 17.7 Å². The molecule has 36 heavy (non-hydrogen) atoms. The van der Waals surface area contributed by atoms with Crippen molar-refractivity contribution < 1.29 is 24.2 Å². The molecule has 9 heteroatoms. The Kier molecular flexibility index (Phi) is 7.20. The molecule has 0 saturated carbocycles. The fourth-order valence-electron chi connectivity index (χ4n) is 3.91. The van der Waals surface area contributed by atoms with E-state index in [1.165, 1.54) is 25.4 Å². The van der Waals surface area contributed by atoms with Crippen molar-refractivity contribution in [1.29, 1.82) is 0 Å². The fourth-order valence-corrected chi connectivity index (χ4v) is 3.91. The number of nitrogens with zero attached hydrogens (tertiary/aromatic N) is 2. The summed E-state index contributed by atoms with van der Waals surface area (Å²) in [5.41, 5.74) is 2.81. The van der Waals surface area contributed by atoms with Crippen LogP contribution in [0.5, 0.6) is 0 Å². The summed E-state index contributed by atoms with van der Waals surface area (Å²) in [6, 6.07) is 15.5. The molecule has 0 unspecified atom stereocenters. The van der Waals surface area contributed by atoms with Crippen LogP contribution in [-0.2, 0) is 27.3 Å². The van der Waals surface area contributed by atoms with Crippen molar-refractivity contribution in [2.45, 2.75) is 19.4 Å². The smallest absolute Gasteiger partial charge is 0.325 e. The average molecular weight is 485 g/mol. The highest BCUT2D eigenvalue weighted by Crippen LogP contribution is 2.30. The number of aromatic nitrogens is 2. The Bertz CT molecular complexity index is 1530. The molecule has 0 aliphatic carbocycles. The van der Waals surface area contributed by atoms with Crippen molar-refractivity contribution in [2.24, 2.45) is 0 Å². The van der Waals surface area contributed by atoms with Crippen LogP contribution in [0.4, 0.5) is 5.69 Å². The molecule has 1 amide bonds. The number of methoxy groups -OCH3 is 1. The Morgan fingerprint density at radius 2 is 1.83 bits per heavy atom. The molecule has 0 radical (unpaired) electrons. The minimum atomic E-state index is -0.865. The highest BCUT2D eigenvalue weighted by molar-refractivity contribution is 6.06. The van der Waals surface area contributed by atoms with Gasteiger partial charge in [0.05, 0.1) is 12.8 Å². The molecule has 0 spiro atoms. The molecule has 2 N–H and O–H groups in total. The van der Waals surface area contributed by atoms with Gasteiger partial charge in [0.15, 0.2) is 0 Å². The molecule has 0 aliphatic rings. The van der Waals surface area contributed by atoms with Crippen LogP contribution >= 0.6 is 0 Å². The molecule has 4 rings (SSSR count). The number of benzene rings is 2. The summed E-state index contributed by atoms with van der Waals surface area (Å²) in [5.74, 6) is -1.84. The largest absolute Gasteiger partial charge is 0.481 e. The number of esters is 1. The van der Waals surface area contributed by atoms with Crippen LogP contribution < -0.4 is 10.9 Å². The van der Waals surface area contributed by atoms with E-state index < -0.39 is 23.4 Å². The van der Waals surface area contributed by atoms with Gasteiger partial charge in [0.25, 0.3) is 11.5 Å². The summed E-state index contributed by atoms with van der Waals surface area (Å²) >= 11 is 0. The van der Waals surface area contributed by atoms with Crippen molar-refractivity contribution in [3.8, 4) is 11.1 Å². The van der Waals surface area contributed by atoms with Gasteiger partial charge in [-0.1, -0.05) is 30.3 Å². The number of ether oxygens (including phenoxy) is 1. The lowest BCUT2D eigenvalue weighted by Crippen LogP contribution is -2.24. The molecule has 9 nitrogen and oxygen atoms in total. The third-order valence-corrected chi connectivity index (χ3v) is 5.71. The quantitative estimate of drug-likeness (QED) is 0.366. The van der Waals surface area contributed by atoms with E-state index in [9.17, 15) is 19.2 Å². The number of fused-ring (bicyclic) bond motifs is 1. The van der Waals surface area contributed by atoms with Gasteiger partial charge >= 0.3 is 11.9 Å². The minimum absolute atomic E-state index is 0.0198. The molecule has 182 valence electrons. The first-order chi connectivity index (χ1) is 17.4. The Labute approximate surface area is 206 Å². The topological polar surface area (TPSA) is 128 Å². The van der Waals surface area contributed by atoms with Gasteiger partial charge in [-0.3, -0.25) is 24.2 Å². The normalized spacial score (nSPS) is 10.7. The summed E-state index contributed by atoms with van der Waals surface area (Å²) in [5, 5.41) is 13.6. The number of amides is 1. The van der Waals surface area contributed by atoms with Gasteiger partial charge in [0.1, 0.15) is 6.54 Å². The zero-order valence-corrected chi connectivity index (χ0v) is 19.4. The zero-order valence-electron chi connectivity index (χ0n) is 19.4. The number of hydrogen-bond acceptors (Lipinski definition) is 6. The number of aliphatic carboxylic acids is 1. The minimum Gasteiger partial charge on any atom is -0.481 e. The predicted octanol–water partition coefficient (Wildman–Crippen LogP) is 3.51. The van der Waals surface area contributed by atoms with Gasteiger partial charge in [-0.05, 0) is 41.1 Å². The predicted molar refractivity (Wildman–Crippen MR) is 134 cm³/mol. The van der Waals surface area contributed by atoms with Crippen LogP contribution in [0.15, 0.2) is 78.0 Å². The summed E-state index contributed by atoms with van der Waals surface area (Å²) < 4.78 is 5.75. The van der Waals surface area contributed by atoms with Crippen molar-refractivity contribution in [3.05, 3.63) is 94.7 Å². The number of anilines is 1. The monoisotopic (exact) mass is 485 g/mol. The van der Waals surface area contributed by atoms with Gasteiger partial charge in [0.2, 0.25) is 0 Å². The fraction of sp³-hybridized carbons (Fsp3) is 0.148. The number of rotatable bonds is 8. The van der Waals surface area contributed by atoms with E-state index in [1.54, 1.807) is 30.6 Å². The van der Waals surface area contributed by atoms with E-state index in [0.717, 1.165) is 32.0 Å². The lowest BCUT2D eigenvalue weighted by Gasteiger charge is -2.12. The molecular weight excluding hydrogens is 462 g/mol. The van der Waals surface area contributed by atoms with E-state index in [-0.39, 0.29) is 13.0 Å². The first-order valence-electron chi connectivity index (χ1n) is 11.1. The highest BCUT2D eigenvalue weighted by atomic mass is 16.5. The number of pyridine rings is 2. The maximum absolute atomic E-state index is 13.0. The second-order valence-electron chi connectivity index (χ2n) is 8.09. The van der Waals surface area contributed by atoms with Gasteiger partial charge in [-0.15, -0.1) is 0 Å².